The first-order chi connectivity index (χ1) is 13.1. The number of carbonyl (C=O) groups excluding carboxylic acids is 2. The normalized spacial score (nSPS) is 11.3. The minimum Gasteiger partial charge on any atom is -0.318 e. The van der Waals surface area contributed by atoms with Gasteiger partial charge < -0.3 is 4.84 Å². The number of benzene rings is 2. The van der Waals surface area contributed by atoms with Gasteiger partial charge in [0.1, 0.15) is 5.71 Å². The third kappa shape index (κ3) is 7.39. The average Bonchev–Trinajstić information content (AvgIpc) is 2.68. The summed E-state index contributed by atoms with van der Waals surface area (Å²) < 4.78 is 0. The van der Waals surface area contributed by atoms with Crippen LogP contribution in [0.1, 0.15) is 56.3 Å². The van der Waals surface area contributed by atoms with Crippen LogP contribution in [-0.2, 0) is 9.63 Å². The van der Waals surface area contributed by atoms with Gasteiger partial charge in [-0.15, -0.1) is 0 Å². The van der Waals surface area contributed by atoms with Gasteiger partial charge >= 0.3 is 5.97 Å². The van der Waals surface area contributed by atoms with E-state index in [0.29, 0.717) is 17.7 Å². The lowest BCUT2D eigenvalue weighted by Gasteiger charge is -2.07. The quantitative estimate of drug-likeness (QED) is 0.168. The van der Waals surface area contributed by atoms with Crippen LogP contribution >= 0.6 is 11.8 Å². The fourth-order valence-corrected chi connectivity index (χ4v) is 3.34. The molecule has 0 radical (unpaired) electrons. The monoisotopic (exact) mass is 383 g/mol. The van der Waals surface area contributed by atoms with Crippen LogP contribution in [0.4, 0.5) is 0 Å². The highest BCUT2D eigenvalue weighted by atomic mass is 32.2. The summed E-state index contributed by atoms with van der Waals surface area (Å²) in [6.45, 7) is 3.41. The number of unbranched alkanes of at least 4 members (excludes halogenated alkanes) is 3. The third-order valence-electron chi connectivity index (χ3n) is 3.91. The molecule has 142 valence electrons. The molecular weight excluding hydrogens is 358 g/mol. The summed E-state index contributed by atoms with van der Waals surface area (Å²) >= 11 is 1.64. The fraction of sp³-hybridized carbons (Fsp3) is 0.318. The number of rotatable bonds is 10. The number of Topliss-reactive ketones (excluding diaryl/α,β-unsaturated/α-hetero) is 1. The summed E-state index contributed by atoms with van der Waals surface area (Å²) in [6.07, 6.45) is 4.61. The van der Waals surface area contributed by atoms with Crippen LogP contribution in [0.2, 0.25) is 0 Å². The van der Waals surface area contributed by atoms with Gasteiger partial charge in [0, 0.05) is 22.3 Å². The van der Waals surface area contributed by atoms with Gasteiger partial charge in [-0.05, 0) is 49.2 Å². The van der Waals surface area contributed by atoms with Gasteiger partial charge in [-0.2, -0.15) is 0 Å². The Morgan fingerprint density at radius 2 is 1.59 bits per heavy atom. The molecule has 0 unspecified atom stereocenters. The zero-order valence-electron chi connectivity index (χ0n) is 15.8. The molecular formula is C22H25NO3S. The maximum absolute atomic E-state index is 12.8. The Bertz CT molecular complexity index is 770. The first kappa shape index (κ1) is 20.9. The third-order valence-corrected chi connectivity index (χ3v) is 4.92. The van der Waals surface area contributed by atoms with E-state index in [1.54, 1.807) is 23.9 Å². The highest BCUT2D eigenvalue weighted by Crippen LogP contribution is 2.27. The van der Waals surface area contributed by atoms with Crippen molar-refractivity contribution in [2.24, 2.45) is 5.16 Å². The first-order valence-corrected chi connectivity index (χ1v) is 10.0. The van der Waals surface area contributed by atoms with E-state index in [1.165, 1.54) is 6.92 Å². The van der Waals surface area contributed by atoms with Crippen LogP contribution in [0.3, 0.4) is 0 Å². The standard InChI is InChI=1S/C22H25NO3S/c1-3-4-5-9-12-21(23-26-17(2)24)22(25)18-13-15-20(16-14-18)27-19-10-7-6-8-11-19/h6-8,10-11,13-16H,3-5,9,12H2,1-2H3/b23-21-. The number of oxime groups is 1. The molecule has 0 atom stereocenters. The van der Waals surface area contributed by atoms with Gasteiger partial charge in [0.2, 0.25) is 5.78 Å². The van der Waals surface area contributed by atoms with Crippen LogP contribution in [0.15, 0.2) is 69.5 Å². The second kappa shape index (κ2) is 11.3. The predicted molar refractivity (Wildman–Crippen MR) is 109 cm³/mol. The Morgan fingerprint density at radius 1 is 0.926 bits per heavy atom. The van der Waals surface area contributed by atoms with E-state index in [1.807, 2.05) is 42.5 Å². The first-order valence-electron chi connectivity index (χ1n) is 9.22. The number of carbonyl (C=O) groups is 2. The van der Waals surface area contributed by atoms with Crippen molar-refractivity contribution in [3.8, 4) is 0 Å². The Morgan fingerprint density at radius 3 is 2.22 bits per heavy atom. The molecule has 0 aliphatic rings. The van der Waals surface area contributed by atoms with E-state index < -0.39 is 5.97 Å². The van der Waals surface area contributed by atoms with Crippen LogP contribution < -0.4 is 0 Å². The molecule has 0 aliphatic heterocycles. The number of ketones is 1. The van der Waals surface area contributed by atoms with Crippen LogP contribution in [-0.4, -0.2) is 17.5 Å². The molecule has 0 saturated carbocycles. The smallest absolute Gasteiger partial charge is 0.318 e. The van der Waals surface area contributed by atoms with E-state index in [9.17, 15) is 9.59 Å². The molecule has 2 rings (SSSR count). The van der Waals surface area contributed by atoms with E-state index in [4.69, 9.17) is 4.84 Å². The zero-order chi connectivity index (χ0) is 19.5. The topological polar surface area (TPSA) is 55.7 Å². The second-order valence-electron chi connectivity index (χ2n) is 6.20. The number of hydrogen-bond acceptors (Lipinski definition) is 5. The van der Waals surface area contributed by atoms with Crippen molar-refractivity contribution in [3.05, 3.63) is 60.2 Å². The van der Waals surface area contributed by atoms with Crippen LogP contribution in [0.25, 0.3) is 0 Å². The molecule has 5 heteroatoms. The Balaban J connectivity index is 2.06. The van der Waals surface area contributed by atoms with Crippen molar-refractivity contribution >= 4 is 29.2 Å². The molecule has 4 nitrogen and oxygen atoms in total. The maximum Gasteiger partial charge on any atom is 0.331 e. The lowest BCUT2D eigenvalue weighted by molar-refractivity contribution is -0.140. The summed E-state index contributed by atoms with van der Waals surface area (Å²) in [5.74, 6) is -0.715. The van der Waals surface area contributed by atoms with Gasteiger partial charge in [0.05, 0.1) is 0 Å². The van der Waals surface area contributed by atoms with Crippen molar-refractivity contribution < 1.29 is 14.4 Å². The van der Waals surface area contributed by atoms with Crippen molar-refractivity contribution in [2.75, 3.05) is 0 Å². The average molecular weight is 384 g/mol. The van der Waals surface area contributed by atoms with Gasteiger partial charge in [0.15, 0.2) is 0 Å². The van der Waals surface area contributed by atoms with E-state index in [0.717, 1.165) is 35.5 Å². The van der Waals surface area contributed by atoms with Crippen molar-refractivity contribution in [1.29, 1.82) is 0 Å². The molecule has 0 amide bonds. The molecule has 0 bridgehead atoms. The minimum absolute atomic E-state index is 0.191. The molecule has 0 aliphatic carbocycles. The summed E-state index contributed by atoms with van der Waals surface area (Å²) in [4.78, 5) is 30.7. The summed E-state index contributed by atoms with van der Waals surface area (Å²) in [5.41, 5.74) is 0.846. The maximum atomic E-state index is 12.8. The molecule has 0 fully saturated rings. The van der Waals surface area contributed by atoms with Crippen LogP contribution in [0, 0.1) is 0 Å². The lowest BCUT2D eigenvalue weighted by Crippen LogP contribution is -2.16. The summed E-state index contributed by atoms with van der Waals surface area (Å²) in [7, 11) is 0. The van der Waals surface area contributed by atoms with E-state index in [-0.39, 0.29) is 5.78 Å². The Hall–Kier alpha value is -2.40. The Kier molecular flexibility index (Phi) is 8.78. The fourth-order valence-electron chi connectivity index (χ4n) is 2.50. The van der Waals surface area contributed by atoms with Crippen molar-refractivity contribution in [3.63, 3.8) is 0 Å². The molecule has 2 aromatic rings. The van der Waals surface area contributed by atoms with Crippen molar-refractivity contribution in [1.82, 2.24) is 0 Å². The molecule has 0 N–H and O–H groups in total. The number of hydrogen-bond donors (Lipinski definition) is 0. The number of nitrogens with zero attached hydrogens (tertiary/aromatic N) is 1. The van der Waals surface area contributed by atoms with Gasteiger partial charge in [-0.25, -0.2) is 4.79 Å². The van der Waals surface area contributed by atoms with E-state index in [2.05, 4.69) is 12.1 Å². The van der Waals surface area contributed by atoms with Gasteiger partial charge in [0.25, 0.3) is 0 Å². The second-order valence-corrected chi connectivity index (χ2v) is 7.35. The SMILES string of the molecule is CCCCCC/C(=N/OC(C)=O)C(=O)c1ccc(Sc2ccccc2)cc1. The molecule has 0 spiro atoms. The van der Waals surface area contributed by atoms with E-state index >= 15 is 0 Å². The molecule has 0 saturated heterocycles. The lowest BCUT2D eigenvalue weighted by atomic mass is 10.0. The molecule has 0 heterocycles. The molecule has 0 aromatic heterocycles. The zero-order valence-corrected chi connectivity index (χ0v) is 16.6. The predicted octanol–water partition coefficient (Wildman–Crippen LogP) is 5.91. The van der Waals surface area contributed by atoms with Gasteiger partial charge in [-0.1, -0.05) is 61.3 Å². The highest BCUT2D eigenvalue weighted by molar-refractivity contribution is 7.99. The van der Waals surface area contributed by atoms with Crippen LogP contribution in [0.5, 0.6) is 0 Å². The highest BCUT2D eigenvalue weighted by Gasteiger charge is 2.15. The Labute approximate surface area is 165 Å². The summed E-state index contributed by atoms with van der Waals surface area (Å²) in [6, 6.07) is 17.5. The largest absolute Gasteiger partial charge is 0.331 e. The van der Waals surface area contributed by atoms with Gasteiger partial charge in [-0.3, -0.25) is 4.79 Å². The molecule has 27 heavy (non-hydrogen) atoms. The summed E-state index contributed by atoms with van der Waals surface area (Å²) in [5, 5.41) is 3.80. The van der Waals surface area contributed by atoms with Crippen molar-refractivity contribution in [2.45, 2.75) is 55.7 Å². The molecule has 2 aromatic carbocycles. The minimum atomic E-state index is -0.525.